The first-order chi connectivity index (χ1) is 7.13. The summed E-state index contributed by atoms with van der Waals surface area (Å²) in [5.41, 5.74) is 1.05. The van der Waals surface area contributed by atoms with Gasteiger partial charge in [-0.3, -0.25) is 0 Å². The van der Waals surface area contributed by atoms with Crippen LogP contribution in [0.2, 0.25) is 5.02 Å². The second kappa shape index (κ2) is 5.01. The fraction of sp³-hybridized carbons (Fsp3) is 0.200. The predicted octanol–water partition coefficient (Wildman–Crippen LogP) is 2.74. The van der Waals surface area contributed by atoms with E-state index >= 15 is 0 Å². The van der Waals surface area contributed by atoms with Gasteiger partial charge in [-0.1, -0.05) is 11.6 Å². The van der Waals surface area contributed by atoms with E-state index in [1.807, 2.05) is 6.07 Å². The Morgan fingerprint density at radius 3 is 2.73 bits per heavy atom. The second-order valence-corrected chi connectivity index (χ2v) is 3.40. The Morgan fingerprint density at radius 2 is 2.27 bits per heavy atom. The average Bonchev–Trinajstić information content (AvgIpc) is 2.26. The molecule has 78 valence electrons. The molecule has 15 heavy (non-hydrogen) atoms. The molecule has 0 aromatic heterocycles. The van der Waals surface area contributed by atoms with Crippen molar-refractivity contribution in [1.29, 1.82) is 5.26 Å². The van der Waals surface area contributed by atoms with Gasteiger partial charge >= 0.3 is 5.97 Å². The van der Waals surface area contributed by atoms with Crippen LogP contribution in [0, 0.1) is 11.3 Å². The highest BCUT2D eigenvalue weighted by Crippen LogP contribution is 2.24. The quantitative estimate of drug-likeness (QED) is 0.593. The number of carbonyl (C=O) groups is 1. The molecule has 0 saturated carbocycles. The summed E-state index contributed by atoms with van der Waals surface area (Å²) >= 11 is 11.5. The lowest BCUT2D eigenvalue weighted by molar-refractivity contribution is 0.0600. The molecule has 0 aliphatic carbocycles. The highest BCUT2D eigenvalue weighted by molar-refractivity contribution is 6.32. The van der Waals surface area contributed by atoms with Gasteiger partial charge < -0.3 is 4.74 Å². The number of halogens is 2. The third-order valence-corrected chi connectivity index (χ3v) is 2.48. The summed E-state index contributed by atoms with van der Waals surface area (Å²) in [6, 6.07) is 4.78. The molecular formula is C10H7Cl2NO2. The van der Waals surface area contributed by atoms with E-state index in [-0.39, 0.29) is 17.0 Å². The van der Waals surface area contributed by atoms with Crippen LogP contribution in [-0.2, 0) is 10.6 Å². The first-order valence-electron chi connectivity index (χ1n) is 4.00. The topological polar surface area (TPSA) is 50.1 Å². The van der Waals surface area contributed by atoms with E-state index in [9.17, 15) is 4.79 Å². The lowest BCUT2D eigenvalue weighted by Gasteiger charge is -2.05. The fourth-order valence-corrected chi connectivity index (χ4v) is 1.75. The van der Waals surface area contributed by atoms with Crippen molar-refractivity contribution in [2.24, 2.45) is 0 Å². The van der Waals surface area contributed by atoms with E-state index in [1.165, 1.54) is 19.2 Å². The first-order valence-corrected chi connectivity index (χ1v) is 4.92. The van der Waals surface area contributed by atoms with Gasteiger partial charge in [0.1, 0.15) is 0 Å². The van der Waals surface area contributed by atoms with Gasteiger partial charge in [-0.15, -0.1) is 11.6 Å². The minimum atomic E-state index is -0.533. The van der Waals surface area contributed by atoms with Crippen LogP contribution in [-0.4, -0.2) is 13.1 Å². The number of alkyl halides is 1. The van der Waals surface area contributed by atoms with E-state index in [2.05, 4.69) is 4.74 Å². The van der Waals surface area contributed by atoms with Crippen LogP contribution in [0.3, 0.4) is 0 Å². The monoisotopic (exact) mass is 243 g/mol. The number of nitriles is 1. The van der Waals surface area contributed by atoms with Gasteiger partial charge in [0, 0.05) is 10.6 Å². The summed E-state index contributed by atoms with van der Waals surface area (Å²) < 4.78 is 4.52. The molecule has 0 fully saturated rings. The first kappa shape index (κ1) is 11.8. The summed E-state index contributed by atoms with van der Waals surface area (Å²) in [6.07, 6.45) is 0. The molecular weight excluding hydrogens is 237 g/mol. The summed E-state index contributed by atoms with van der Waals surface area (Å²) in [6.45, 7) is 0. The Morgan fingerprint density at radius 1 is 1.60 bits per heavy atom. The van der Waals surface area contributed by atoms with Crippen LogP contribution in [0.25, 0.3) is 0 Å². The molecule has 1 aromatic carbocycles. The van der Waals surface area contributed by atoms with Crippen molar-refractivity contribution in [1.82, 2.24) is 0 Å². The molecule has 0 aliphatic heterocycles. The number of methoxy groups -OCH3 is 1. The molecule has 0 spiro atoms. The summed E-state index contributed by atoms with van der Waals surface area (Å²) in [7, 11) is 1.26. The third-order valence-electron chi connectivity index (χ3n) is 1.87. The van der Waals surface area contributed by atoms with Crippen LogP contribution in [0.15, 0.2) is 12.1 Å². The third kappa shape index (κ3) is 2.41. The number of benzene rings is 1. The van der Waals surface area contributed by atoms with Gasteiger partial charge in [0.25, 0.3) is 0 Å². The van der Waals surface area contributed by atoms with Gasteiger partial charge in [0.15, 0.2) is 0 Å². The van der Waals surface area contributed by atoms with Gasteiger partial charge in [-0.25, -0.2) is 4.79 Å². The van der Waals surface area contributed by atoms with Crippen molar-refractivity contribution < 1.29 is 9.53 Å². The number of nitrogens with zero attached hydrogens (tertiary/aromatic N) is 1. The maximum Gasteiger partial charge on any atom is 0.337 e. The minimum Gasteiger partial charge on any atom is -0.465 e. The maximum absolute atomic E-state index is 11.2. The molecule has 0 atom stereocenters. The van der Waals surface area contributed by atoms with Crippen LogP contribution >= 0.6 is 23.2 Å². The van der Waals surface area contributed by atoms with Crippen LogP contribution in [0.1, 0.15) is 21.5 Å². The van der Waals surface area contributed by atoms with E-state index in [0.717, 1.165) is 0 Å². The standard InChI is InChI=1S/C10H7Cl2NO2/c1-15-10(14)6-2-7(5-13)8(4-11)9(12)3-6/h2-3H,4H2,1H3. The Bertz CT molecular complexity index is 438. The number of ether oxygens (including phenoxy) is 1. The Hall–Kier alpha value is -1.24. The molecule has 0 radical (unpaired) electrons. The molecule has 5 heteroatoms. The van der Waals surface area contributed by atoms with E-state index < -0.39 is 5.97 Å². The zero-order valence-electron chi connectivity index (χ0n) is 7.88. The lowest BCUT2D eigenvalue weighted by atomic mass is 10.1. The minimum absolute atomic E-state index is 0.128. The average molecular weight is 244 g/mol. The Labute approximate surface area is 97.2 Å². The van der Waals surface area contributed by atoms with Crippen molar-refractivity contribution >= 4 is 29.2 Å². The molecule has 0 N–H and O–H groups in total. The van der Waals surface area contributed by atoms with E-state index in [0.29, 0.717) is 10.6 Å². The number of hydrogen-bond acceptors (Lipinski definition) is 3. The van der Waals surface area contributed by atoms with Crippen molar-refractivity contribution in [3.05, 3.63) is 33.8 Å². The molecule has 0 amide bonds. The molecule has 1 aromatic rings. The van der Waals surface area contributed by atoms with Crippen LogP contribution in [0.4, 0.5) is 0 Å². The van der Waals surface area contributed by atoms with Crippen molar-refractivity contribution in [2.75, 3.05) is 7.11 Å². The summed E-state index contributed by atoms with van der Waals surface area (Å²) in [5, 5.41) is 9.13. The zero-order valence-corrected chi connectivity index (χ0v) is 9.39. The molecule has 0 saturated heterocycles. The largest absolute Gasteiger partial charge is 0.465 e. The number of rotatable bonds is 2. The summed E-state index contributed by atoms with van der Waals surface area (Å²) in [5.74, 6) is -0.405. The van der Waals surface area contributed by atoms with Gasteiger partial charge in [-0.05, 0) is 12.1 Å². The normalized spacial score (nSPS) is 9.47. The second-order valence-electron chi connectivity index (χ2n) is 2.72. The molecule has 0 heterocycles. The summed E-state index contributed by atoms with van der Waals surface area (Å²) in [4.78, 5) is 11.2. The molecule has 0 unspecified atom stereocenters. The molecule has 0 aliphatic rings. The zero-order chi connectivity index (χ0) is 11.4. The predicted molar refractivity (Wildman–Crippen MR) is 57.1 cm³/mol. The van der Waals surface area contributed by atoms with Crippen molar-refractivity contribution in [3.63, 3.8) is 0 Å². The van der Waals surface area contributed by atoms with E-state index in [4.69, 9.17) is 28.5 Å². The Kier molecular flexibility index (Phi) is 3.96. The van der Waals surface area contributed by atoms with Gasteiger partial charge in [0.05, 0.1) is 30.2 Å². The van der Waals surface area contributed by atoms with Crippen molar-refractivity contribution in [2.45, 2.75) is 5.88 Å². The lowest BCUT2D eigenvalue weighted by Crippen LogP contribution is -2.03. The highest BCUT2D eigenvalue weighted by Gasteiger charge is 2.13. The van der Waals surface area contributed by atoms with Crippen molar-refractivity contribution in [3.8, 4) is 6.07 Å². The number of hydrogen-bond donors (Lipinski definition) is 0. The smallest absolute Gasteiger partial charge is 0.337 e. The number of carbonyl (C=O) groups excluding carboxylic acids is 1. The van der Waals surface area contributed by atoms with E-state index in [1.54, 1.807) is 0 Å². The molecule has 3 nitrogen and oxygen atoms in total. The van der Waals surface area contributed by atoms with Crippen LogP contribution in [0.5, 0.6) is 0 Å². The van der Waals surface area contributed by atoms with Crippen LogP contribution < -0.4 is 0 Å². The Balaban J connectivity index is 3.33. The molecule has 0 bridgehead atoms. The van der Waals surface area contributed by atoms with Gasteiger partial charge in [0.2, 0.25) is 0 Å². The number of esters is 1. The highest BCUT2D eigenvalue weighted by atomic mass is 35.5. The molecule has 1 rings (SSSR count). The maximum atomic E-state index is 11.2. The fourth-order valence-electron chi connectivity index (χ4n) is 1.11. The SMILES string of the molecule is COC(=O)c1cc(Cl)c(CCl)c(C#N)c1. The van der Waals surface area contributed by atoms with Gasteiger partial charge in [-0.2, -0.15) is 5.26 Å².